The Bertz CT molecular complexity index is 903. The van der Waals surface area contributed by atoms with Crippen molar-refractivity contribution >= 4 is 28.3 Å². The van der Waals surface area contributed by atoms with Gasteiger partial charge in [0.15, 0.2) is 0 Å². The van der Waals surface area contributed by atoms with Crippen molar-refractivity contribution in [1.82, 2.24) is 14.7 Å². The standard InChI is InChI=1S/C19H18BrN3O.ClH/c20-15-6-8-16(9-7-15)23-19(24)17-10-11-22(13-18(17)21-23)12-14-4-2-1-3-5-14;/h1-9,21H,10-13H2;1H. The lowest BCUT2D eigenvalue weighted by Gasteiger charge is -2.25. The smallest absolute Gasteiger partial charge is 0.274 e. The molecule has 1 aliphatic rings. The van der Waals surface area contributed by atoms with E-state index in [0.29, 0.717) is 0 Å². The monoisotopic (exact) mass is 419 g/mol. The van der Waals surface area contributed by atoms with Crippen LogP contribution in [0.4, 0.5) is 0 Å². The van der Waals surface area contributed by atoms with Crippen LogP contribution in [-0.2, 0) is 19.5 Å². The molecule has 0 saturated carbocycles. The third-order valence-electron chi connectivity index (χ3n) is 4.47. The van der Waals surface area contributed by atoms with Gasteiger partial charge in [-0.05, 0) is 36.2 Å². The topological polar surface area (TPSA) is 41.0 Å². The molecule has 0 fully saturated rings. The third kappa shape index (κ3) is 3.73. The molecule has 2 aromatic carbocycles. The van der Waals surface area contributed by atoms with E-state index in [2.05, 4.69) is 50.2 Å². The van der Waals surface area contributed by atoms with Crippen molar-refractivity contribution in [2.45, 2.75) is 19.5 Å². The molecule has 0 unspecified atom stereocenters. The molecule has 130 valence electrons. The lowest BCUT2D eigenvalue weighted by molar-refractivity contribution is 0.242. The number of hydrogen-bond acceptors (Lipinski definition) is 2. The summed E-state index contributed by atoms with van der Waals surface area (Å²) < 4.78 is 2.66. The average molecular weight is 421 g/mol. The van der Waals surface area contributed by atoms with Crippen molar-refractivity contribution < 1.29 is 0 Å². The molecule has 1 aromatic heterocycles. The highest BCUT2D eigenvalue weighted by molar-refractivity contribution is 9.10. The molecule has 25 heavy (non-hydrogen) atoms. The van der Waals surface area contributed by atoms with Gasteiger partial charge in [0, 0.05) is 29.7 Å². The van der Waals surface area contributed by atoms with Crippen LogP contribution in [0.15, 0.2) is 63.9 Å². The largest absolute Gasteiger partial charge is 0.293 e. The fourth-order valence-electron chi connectivity index (χ4n) is 3.23. The zero-order valence-electron chi connectivity index (χ0n) is 13.6. The van der Waals surface area contributed by atoms with E-state index in [1.54, 1.807) is 4.68 Å². The fourth-order valence-corrected chi connectivity index (χ4v) is 3.49. The first kappa shape index (κ1) is 18.0. The molecule has 4 nitrogen and oxygen atoms in total. The lowest BCUT2D eigenvalue weighted by Crippen LogP contribution is -2.31. The Morgan fingerprint density at radius 1 is 1.04 bits per heavy atom. The van der Waals surface area contributed by atoms with Crippen molar-refractivity contribution in [2.75, 3.05) is 6.54 Å². The summed E-state index contributed by atoms with van der Waals surface area (Å²) in [6.45, 7) is 2.60. The van der Waals surface area contributed by atoms with Gasteiger partial charge in [-0.15, -0.1) is 12.4 Å². The Morgan fingerprint density at radius 2 is 1.76 bits per heavy atom. The van der Waals surface area contributed by atoms with Gasteiger partial charge in [-0.3, -0.25) is 14.8 Å². The Kier molecular flexibility index (Phi) is 5.47. The molecule has 1 N–H and O–H groups in total. The normalized spacial score (nSPS) is 14.0. The Labute approximate surface area is 161 Å². The number of aromatic nitrogens is 2. The Hall–Kier alpha value is -1.82. The summed E-state index contributed by atoms with van der Waals surface area (Å²) in [4.78, 5) is 15.0. The maximum Gasteiger partial charge on any atom is 0.274 e. The fraction of sp³-hybridized carbons (Fsp3) is 0.211. The average Bonchev–Trinajstić information content (AvgIpc) is 2.93. The predicted molar refractivity (Wildman–Crippen MR) is 106 cm³/mol. The van der Waals surface area contributed by atoms with Gasteiger partial charge in [-0.25, -0.2) is 4.68 Å². The number of nitrogens with zero attached hydrogens (tertiary/aromatic N) is 2. The van der Waals surface area contributed by atoms with E-state index in [1.165, 1.54) is 5.56 Å². The third-order valence-corrected chi connectivity index (χ3v) is 4.99. The van der Waals surface area contributed by atoms with Gasteiger partial charge in [0.2, 0.25) is 0 Å². The molecule has 0 amide bonds. The summed E-state index contributed by atoms with van der Waals surface area (Å²) in [5.41, 5.74) is 4.20. The number of halogens is 2. The molecule has 0 radical (unpaired) electrons. The minimum atomic E-state index is 0. The van der Waals surface area contributed by atoms with E-state index >= 15 is 0 Å². The summed E-state index contributed by atoms with van der Waals surface area (Å²) in [5, 5.41) is 3.30. The highest BCUT2D eigenvalue weighted by atomic mass is 79.9. The molecule has 1 aliphatic heterocycles. The molecule has 3 aromatic rings. The van der Waals surface area contributed by atoms with Gasteiger partial charge < -0.3 is 0 Å². The summed E-state index contributed by atoms with van der Waals surface area (Å²) in [6.07, 6.45) is 0.793. The highest BCUT2D eigenvalue weighted by Gasteiger charge is 2.22. The van der Waals surface area contributed by atoms with Crippen LogP contribution >= 0.6 is 28.3 Å². The van der Waals surface area contributed by atoms with Crippen molar-refractivity contribution in [3.63, 3.8) is 0 Å². The van der Waals surface area contributed by atoms with Crippen LogP contribution < -0.4 is 5.56 Å². The number of rotatable bonds is 3. The van der Waals surface area contributed by atoms with Crippen molar-refractivity contribution in [3.8, 4) is 5.69 Å². The molecular weight excluding hydrogens is 402 g/mol. The first-order valence-electron chi connectivity index (χ1n) is 8.06. The van der Waals surface area contributed by atoms with E-state index in [0.717, 1.165) is 47.5 Å². The van der Waals surface area contributed by atoms with Crippen LogP contribution in [-0.4, -0.2) is 21.2 Å². The van der Waals surface area contributed by atoms with E-state index < -0.39 is 0 Å². The van der Waals surface area contributed by atoms with Crippen LogP contribution in [0.2, 0.25) is 0 Å². The summed E-state index contributed by atoms with van der Waals surface area (Å²) in [5.74, 6) is 0. The quantitative estimate of drug-likeness (QED) is 0.698. The second-order valence-electron chi connectivity index (χ2n) is 6.13. The van der Waals surface area contributed by atoms with Crippen LogP contribution in [0.25, 0.3) is 5.69 Å². The van der Waals surface area contributed by atoms with E-state index in [1.807, 2.05) is 30.3 Å². The van der Waals surface area contributed by atoms with Crippen LogP contribution in [0, 0.1) is 0 Å². The van der Waals surface area contributed by atoms with Gasteiger partial charge in [0.05, 0.1) is 11.4 Å². The molecule has 2 heterocycles. The Balaban J connectivity index is 0.00000182. The van der Waals surface area contributed by atoms with Crippen LogP contribution in [0.1, 0.15) is 16.8 Å². The van der Waals surface area contributed by atoms with Gasteiger partial charge in [0.1, 0.15) is 0 Å². The van der Waals surface area contributed by atoms with Crippen LogP contribution in [0.3, 0.4) is 0 Å². The molecule has 4 rings (SSSR count). The summed E-state index contributed by atoms with van der Waals surface area (Å²) in [7, 11) is 0. The van der Waals surface area contributed by atoms with E-state index in [4.69, 9.17) is 0 Å². The number of aromatic amines is 1. The Morgan fingerprint density at radius 3 is 2.48 bits per heavy atom. The van der Waals surface area contributed by atoms with Crippen molar-refractivity contribution in [1.29, 1.82) is 0 Å². The molecule has 0 atom stereocenters. The predicted octanol–water partition coefficient (Wildman–Crippen LogP) is 3.91. The van der Waals surface area contributed by atoms with Crippen molar-refractivity contribution in [2.24, 2.45) is 0 Å². The number of H-pyrrole nitrogens is 1. The molecule has 0 saturated heterocycles. The molecule has 6 heteroatoms. The van der Waals surface area contributed by atoms with Gasteiger partial charge in [-0.2, -0.15) is 0 Å². The number of fused-ring (bicyclic) bond motifs is 1. The van der Waals surface area contributed by atoms with Gasteiger partial charge in [-0.1, -0.05) is 46.3 Å². The van der Waals surface area contributed by atoms with E-state index in [-0.39, 0.29) is 18.0 Å². The zero-order chi connectivity index (χ0) is 16.5. The zero-order valence-corrected chi connectivity index (χ0v) is 16.0. The molecule has 0 bridgehead atoms. The second kappa shape index (κ2) is 7.60. The van der Waals surface area contributed by atoms with Gasteiger partial charge in [0.25, 0.3) is 5.56 Å². The number of nitrogens with one attached hydrogen (secondary N) is 1. The minimum absolute atomic E-state index is 0. The van der Waals surface area contributed by atoms with E-state index in [9.17, 15) is 4.79 Å². The molecular formula is C19H19BrClN3O. The summed E-state index contributed by atoms with van der Waals surface area (Å²) in [6, 6.07) is 18.2. The minimum Gasteiger partial charge on any atom is -0.293 e. The highest BCUT2D eigenvalue weighted by Crippen LogP contribution is 2.19. The van der Waals surface area contributed by atoms with Crippen molar-refractivity contribution in [3.05, 3.63) is 86.2 Å². The molecule has 0 aliphatic carbocycles. The SMILES string of the molecule is Cl.O=c1c2c([nH]n1-c1ccc(Br)cc1)CN(Cc1ccccc1)CC2. The maximum absolute atomic E-state index is 12.7. The molecule has 0 spiro atoms. The number of hydrogen-bond donors (Lipinski definition) is 1. The number of benzene rings is 2. The second-order valence-corrected chi connectivity index (χ2v) is 7.05. The summed E-state index contributed by atoms with van der Waals surface area (Å²) >= 11 is 3.43. The first-order chi connectivity index (χ1) is 11.7. The maximum atomic E-state index is 12.7. The lowest BCUT2D eigenvalue weighted by atomic mass is 10.1. The van der Waals surface area contributed by atoms with Crippen LogP contribution in [0.5, 0.6) is 0 Å². The first-order valence-corrected chi connectivity index (χ1v) is 8.85. The van der Waals surface area contributed by atoms with Gasteiger partial charge >= 0.3 is 0 Å².